The summed E-state index contributed by atoms with van der Waals surface area (Å²) >= 11 is 0. The van der Waals surface area contributed by atoms with E-state index in [4.69, 9.17) is 4.98 Å². The van der Waals surface area contributed by atoms with E-state index in [-0.39, 0.29) is 23.8 Å². The van der Waals surface area contributed by atoms with Gasteiger partial charge in [0.1, 0.15) is 5.78 Å². The highest BCUT2D eigenvalue weighted by atomic mass is 16.2. The minimum Gasteiger partial charge on any atom is -0.353 e. The van der Waals surface area contributed by atoms with Gasteiger partial charge in [-0.15, -0.1) is 0 Å². The maximum atomic E-state index is 12.3. The van der Waals surface area contributed by atoms with Gasteiger partial charge in [-0.3, -0.25) is 14.6 Å². The van der Waals surface area contributed by atoms with Crippen LogP contribution in [0.2, 0.25) is 0 Å². The lowest BCUT2D eigenvalue weighted by Crippen LogP contribution is -2.36. The van der Waals surface area contributed by atoms with E-state index in [0.717, 1.165) is 62.8 Å². The molecule has 0 spiro atoms. The summed E-state index contributed by atoms with van der Waals surface area (Å²) in [6.07, 6.45) is 15.0. The highest BCUT2D eigenvalue weighted by Gasteiger charge is 2.32. The van der Waals surface area contributed by atoms with E-state index < -0.39 is 0 Å². The number of hydrogen-bond acceptors (Lipinski definition) is 3. The Labute approximate surface area is 160 Å². The van der Waals surface area contributed by atoms with Gasteiger partial charge in [0, 0.05) is 42.0 Å². The lowest BCUT2D eigenvalue weighted by atomic mass is 9.88. The molecule has 1 aromatic rings. The molecular formula is C23H26N2O2. The molecule has 2 saturated carbocycles. The van der Waals surface area contributed by atoms with Crippen LogP contribution in [-0.4, -0.2) is 22.7 Å². The highest BCUT2D eigenvalue weighted by molar-refractivity contribution is 5.86. The van der Waals surface area contributed by atoms with E-state index in [1.807, 2.05) is 0 Å². The van der Waals surface area contributed by atoms with Gasteiger partial charge in [-0.25, -0.2) is 0 Å². The van der Waals surface area contributed by atoms with Crippen molar-refractivity contribution in [1.29, 1.82) is 0 Å². The van der Waals surface area contributed by atoms with Crippen molar-refractivity contribution in [1.82, 2.24) is 10.3 Å². The third-order valence-electron chi connectivity index (χ3n) is 6.23. The summed E-state index contributed by atoms with van der Waals surface area (Å²) in [5.41, 5.74) is 5.85. The third kappa shape index (κ3) is 3.62. The number of hydrogen-bond donors (Lipinski definition) is 1. The second-order valence-electron chi connectivity index (χ2n) is 8.53. The van der Waals surface area contributed by atoms with Crippen LogP contribution in [0.5, 0.6) is 0 Å². The number of pyridine rings is 1. The molecule has 140 valence electrons. The van der Waals surface area contributed by atoms with Crippen LogP contribution in [0.25, 0.3) is 11.6 Å². The minimum atomic E-state index is 0.241. The summed E-state index contributed by atoms with van der Waals surface area (Å²) in [5, 5.41) is 3.21. The second kappa shape index (κ2) is 6.74. The SMILES string of the molecule is O=C(Cc1cc(C2=CCC(NC(=O)C3CC3)CC2)c2c(n1)CC=C2)C1CC1. The molecule has 27 heavy (non-hydrogen) atoms. The number of carbonyl (C=O) groups excluding carboxylic acids is 2. The van der Waals surface area contributed by atoms with Crippen LogP contribution in [0.1, 0.15) is 67.5 Å². The Hall–Kier alpha value is -2.23. The van der Waals surface area contributed by atoms with Gasteiger partial charge < -0.3 is 5.32 Å². The standard InChI is InChI=1S/C23H26N2O2/c26-22(15-4-5-15)13-18-12-20(19-2-1-3-21(19)24-18)14-8-10-17(11-9-14)25-23(27)16-6-7-16/h1-2,8,12,15-17H,3-7,9-11,13H2,(H,25,27). The van der Waals surface area contributed by atoms with E-state index in [9.17, 15) is 9.59 Å². The molecule has 0 saturated heterocycles. The van der Waals surface area contributed by atoms with Gasteiger partial charge in [-0.1, -0.05) is 18.2 Å². The maximum Gasteiger partial charge on any atom is 0.223 e. The van der Waals surface area contributed by atoms with Crippen molar-refractivity contribution in [2.45, 2.75) is 63.8 Å². The van der Waals surface area contributed by atoms with Crippen molar-refractivity contribution >= 4 is 23.3 Å². The smallest absolute Gasteiger partial charge is 0.223 e. The van der Waals surface area contributed by atoms with Gasteiger partial charge in [0.15, 0.2) is 0 Å². The van der Waals surface area contributed by atoms with Crippen LogP contribution >= 0.6 is 0 Å². The average Bonchev–Trinajstić information content (AvgIpc) is 3.58. The number of fused-ring (bicyclic) bond motifs is 1. The van der Waals surface area contributed by atoms with Gasteiger partial charge in [0.05, 0.1) is 5.69 Å². The Morgan fingerprint density at radius 3 is 2.63 bits per heavy atom. The van der Waals surface area contributed by atoms with E-state index in [2.05, 4.69) is 29.6 Å². The van der Waals surface area contributed by atoms with Gasteiger partial charge in [0.2, 0.25) is 5.91 Å². The molecule has 4 nitrogen and oxygen atoms in total. The second-order valence-corrected chi connectivity index (χ2v) is 8.53. The summed E-state index contributed by atoms with van der Waals surface area (Å²) in [4.78, 5) is 29.0. The van der Waals surface area contributed by atoms with Crippen molar-refractivity contribution in [3.63, 3.8) is 0 Å². The van der Waals surface area contributed by atoms with Crippen molar-refractivity contribution in [2.24, 2.45) is 11.8 Å². The zero-order valence-corrected chi connectivity index (χ0v) is 15.7. The molecule has 0 aliphatic heterocycles. The van der Waals surface area contributed by atoms with E-state index in [1.165, 1.54) is 16.7 Å². The molecule has 1 atom stereocenters. The number of aromatic nitrogens is 1. The molecule has 1 heterocycles. The Morgan fingerprint density at radius 2 is 1.93 bits per heavy atom. The van der Waals surface area contributed by atoms with Crippen molar-refractivity contribution in [3.05, 3.63) is 40.7 Å². The van der Waals surface area contributed by atoms with Crippen molar-refractivity contribution < 1.29 is 9.59 Å². The van der Waals surface area contributed by atoms with Gasteiger partial charge in [-0.2, -0.15) is 0 Å². The highest BCUT2D eigenvalue weighted by Crippen LogP contribution is 2.36. The van der Waals surface area contributed by atoms with E-state index >= 15 is 0 Å². The predicted molar refractivity (Wildman–Crippen MR) is 105 cm³/mol. The summed E-state index contributed by atoms with van der Waals surface area (Å²) < 4.78 is 0. The lowest BCUT2D eigenvalue weighted by Gasteiger charge is -2.24. The average molecular weight is 362 g/mol. The Balaban J connectivity index is 1.34. The van der Waals surface area contributed by atoms with Crippen LogP contribution in [0, 0.1) is 11.8 Å². The monoisotopic (exact) mass is 362 g/mol. The van der Waals surface area contributed by atoms with Gasteiger partial charge >= 0.3 is 0 Å². The minimum absolute atomic E-state index is 0.241. The summed E-state index contributed by atoms with van der Waals surface area (Å²) in [6, 6.07) is 2.41. The fourth-order valence-corrected chi connectivity index (χ4v) is 4.25. The molecule has 2 fully saturated rings. The Kier molecular flexibility index (Phi) is 4.22. The fourth-order valence-electron chi connectivity index (χ4n) is 4.25. The molecule has 4 heteroatoms. The molecule has 0 aromatic carbocycles. The van der Waals surface area contributed by atoms with Crippen LogP contribution in [0.15, 0.2) is 18.2 Å². The first-order valence-corrected chi connectivity index (χ1v) is 10.4. The molecule has 1 N–H and O–H groups in total. The molecule has 1 aromatic heterocycles. The predicted octanol–water partition coefficient (Wildman–Crippen LogP) is 3.63. The van der Waals surface area contributed by atoms with Crippen LogP contribution in [0.4, 0.5) is 0 Å². The topological polar surface area (TPSA) is 59.1 Å². The van der Waals surface area contributed by atoms with E-state index in [0.29, 0.717) is 12.2 Å². The summed E-state index contributed by atoms with van der Waals surface area (Å²) in [6.45, 7) is 0. The molecular weight excluding hydrogens is 336 g/mol. The number of ketones is 1. The number of rotatable bonds is 6. The molecule has 0 radical (unpaired) electrons. The first kappa shape index (κ1) is 16.9. The quantitative estimate of drug-likeness (QED) is 0.841. The molecule has 5 rings (SSSR count). The summed E-state index contributed by atoms with van der Waals surface area (Å²) in [5.74, 6) is 1.15. The summed E-state index contributed by atoms with van der Waals surface area (Å²) in [7, 11) is 0. The number of Topliss-reactive ketones (excluding diaryl/α,β-unsaturated/α-hetero) is 1. The number of allylic oxidation sites excluding steroid dienone is 2. The first-order chi connectivity index (χ1) is 13.2. The van der Waals surface area contributed by atoms with Crippen LogP contribution < -0.4 is 5.32 Å². The normalized spacial score (nSPS) is 23.7. The molecule has 1 amide bonds. The zero-order valence-electron chi connectivity index (χ0n) is 15.7. The molecule has 1 unspecified atom stereocenters. The third-order valence-corrected chi connectivity index (χ3v) is 6.23. The van der Waals surface area contributed by atoms with Crippen molar-refractivity contribution in [2.75, 3.05) is 0 Å². The van der Waals surface area contributed by atoms with Gasteiger partial charge in [0.25, 0.3) is 0 Å². The fraction of sp³-hybridized carbons (Fsp3) is 0.522. The Bertz CT molecular complexity index is 859. The lowest BCUT2D eigenvalue weighted by molar-refractivity contribution is -0.123. The van der Waals surface area contributed by atoms with E-state index in [1.54, 1.807) is 0 Å². The number of carbonyl (C=O) groups is 2. The van der Waals surface area contributed by atoms with Crippen LogP contribution in [0.3, 0.4) is 0 Å². The largest absolute Gasteiger partial charge is 0.353 e. The molecule has 4 aliphatic carbocycles. The maximum absolute atomic E-state index is 12.3. The first-order valence-electron chi connectivity index (χ1n) is 10.4. The molecule has 4 aliphatic rings. The molecule has 0 bridgehead atoms. The Morgan fingerprint density at radius 1 is 1.11 bits per heavy atom. The zero-order chi connectivity index (χ0) is 18.4. The number of amides is 1. The van der Waals surface area contributed by atoms with Crippen molar-refractivity contribution in [3.8, 4) is 0 Å². The van der Waals surface area contributed by atoms with Gasteiger partial charge in [-0.05, 0) is 62.1 Å². The number of nitrogens with one attached hydrogen (secondary N) is 1. The van der Waals surface area contributed by atoms with Crippen LogP contribution in [-0.2, 0) is 22.4 Å². The number of nitrogens with zero attached hydrogens (tertiary/aromatic N) is 1.